The molecule has 1 N–H and O–H groups in total. The number of thioether (sulfide) groups is 1. The maximum Gasteiger partial charge on any atom is 0.258 e. The summed E-state index contributed by atoms with van der Waals surface area (Å²) in [5, 5.41) is 13.3. The predicted octanol–water partition coefficient (Wildman–Crippen LogP) is 0.362. The molecule has 0 aromatic heterocycles. The van der Waals surface area contributed by atoms with Crippen LogP contribution >= 0.6 is 11.8 Å². The Hall–Kier alpha value is -1.69. The summed E-state index contributed by atoms with van der Waals surface area (Å²) in [6, 6.07) is 6.33. The summed E-state index contributed by atoms with van der Waals surface area (Å²) in [6.45, 7) is 1.66. The summed E-state index contributed by atoms with van der Waals surface area (Å²) in [5.74, 6) is -0.499. The number of nitrogens with one attached hydrogen (secondary N) is 1. The summed E-state index contributed by atoms with van der Waals surface area (Å²) >= 11 is 1.51. The van der Waals surface area contributed by atoms with Gasteiger partial charge in [-0.15, -0.1) is 0 Å². The Labute approximate surface area is 122 Å². The first-order valence-corrected chi connectivity index (χ1v) is 7.61. The minimum Gasteiger partial charge on any atom is -0.548 e. The van der Waals surface area contributed by atoms with Gasteiger partial charge in [-0.25, -0.2) is 0 Å². The van der Waals surface area contributed by atoms with E-state index in [9.17, 15) is 14.7 Å². The predicted molar refractivity (Wildman–Crippen MR) is 76.6 cm³/mol. The molecule has 0 heterocycles. The fourth-order valence-corrected chi connectivity index (χ4v) is 2.05. The number of ether oxygens (including phenoxy) is 1. The molecule has 0 spiro atoms. The smallest absolute Gasteiger partial charge is 0.258 e. The molecule has 1 aromatic rings. The van der Waals surface area contributed by atoms with Crippen molar-refractivity contribution in [2.45, 2.75) is 19.4 Å². The molecule has 1 amide bonds. The number of hydrogen-bond acceptors (Lipinski definition) is 5. The number of carbonyl (C=O) groups is 2. The first-order valence-electron chi connectivity index (χ1n) is 6.22. The topological polar surface area (TPSA) is 78.5 Å². The van der Waals surface area contributed by atoms with E-state index >= 15 is 0 Å². The van der Waals surface area contributed by atoms with Crippen LogP contribution in [0.15, 0.2) is 24.3 Å². The van der Waals surface area contributed by atoms with E-state index in [0.717, 1.165) is 5.56 Å². The van der Waals surface area contributed by atoms with E-state index in [1.165, 1.54) is 11.8 Å². The second-order valence-corrected chi connectivity index (χ2v) is 5.26. The van der Waals surface area contributed by atoms with Gasteiger partial charge in [-0.1, -0.05) is 18.2 Å². The molecule has 0 fully saturated rings. The summed E-state index contributed by atoms with van der Waals surface area (Å²) in [7, 11) is 0. The maximum absolute atomic E-state index is 11.7. The Bertz CT molecular complexity index is 464. The van der Waals surface area contributed by atoms with Crippen LogP contribution in [0.4, 0.5) is 0 Å². The van der Waals surface area contributed by atoms with Crippen molar-refractivity contribution in [3.63, 3.8) is 0 Å². The van der Waals surface area contributed by atoms with Gasteiger partial charge < -0.3 is 20.0 Å². The molecule has 0 unspecified atom stereocenters. The summed E-state index contributed by atoms with van der Waals surface area (Å²) < 4.78 is 5.35. The molecule has 6 heteroatoms. The van der Waals surface area contributed by atoms with Gasteiger partial charge in [-0.3, -0.25) is 4.79 Å². The number of hydrogen-bond donors (Lipinski definition) is 1. The fourth-order valence-electron chi connectivity index (χ4n) is 1.58. The van der Waals surface area contributed by atoms with Crippen molar-refractivity contribution >= 4 is 23.6 Å². The highest BCUT2D eigenvalue weighted by atomic mass is 32.2. The third kappa shape index (κ3) is 5.52. The summed E-state index contributed by atoms with van der Waals surface area (Å²) in [5.41, 5.74) is 0.916. The quantitative estimate of drug-likeness (QED) is 0.749. The molecule has 0 aliphatic rings. The molecular weight excluding hydrogens is 278 g/mol. The molecule has 0 bridgehead atoms. The van der Waals surface area contributed by atoms with E-state index in [4.69, 9.17) is 4.74 Å². The first-order chi connectivity index (χ1) is 9.54. The zero-order valence-corrected chi connectivity index (χ0v) is 12.4. The standard InChI is InChI=1S/C14H19NO4S/c1-10-5-3-4-6-12(10)19-9-13(16)15-11(14(17)18)7-8-20-2/h3-6,11H,7-9H2,1-2H3,(H,15,16)(H,17,18)/p-1/t11-/m1/s1. The lowest BCUT2D eigenvalue weighted by Crippen LogP contribution is -2.49. The molecule has 110 valence electrons. The second-order valence-electron chi connectivity index (χ2n) is 4.27. The molecule has 20 heavy (non-hydrogen) atoms. The van der Waals surface area contributed by atoms with Crippen LogP contribution in [0.3, 0.4) is 0 Å². The van der Waals surface area contributed by atoms with Crippen molar-refractivity contribution < 1.29 is 19.4 Å². The van der Waals surface area contributed by atoms with Gasteiger partial charge >= 0.3 is 0 Å². The number of carboxylic acid groups (broad SMARTS) is 1. The Balaban J connectivity index is 2.46. The average Bonchev–Trinajstić information content (AvgIpc) is 2.42. The Morgan fingerprint density at radius 3 is 2.70 bits per heavy atom. The van der Waals surface area contributed by atoms with Crippen molar-refractivity contribution in [2.24, 2.45) is 0 Å². The lowest BCUT2D eigenvalue weighted by atomic mass is 10.2. The molecular formula is C14H18NO4S-. The Morgan fingerprint density at radius 2 is 2.10 bits per heavy atom. The van der Waals surface area contributed by atoms with Crippen LogP contribution in [0, 0.1) is 6.92 Å². The van der Waals surface area contributed by atoms with Crippen LogP contribution in [-0.2, 0) is 9.59 Å². The first kappa shape index (κ1) is 16.4. The lowest BCUT2D eigenvalue weighted by Gasteiger charge is -2.19. The molecule has 1 aromatic carbocycles. The zero-order chi connectivity index (χ0) is 15.0. The number of amides is 1. The van der Waals surface area contributed by atoms with E-state index in [2.05, 4.69) is 5.32 Å². The Kier molecular flexibility index (Phi) is 6.93. The van der Waals surface area contributed by atoms with Gasteiger partial charge in [0.1, 0.15) is 5.75 Å². The number of carboxylic acids is 1. The van der Waals surface area contributed by atoms with Crippen LogP contribution in [0.25, 0.3) is 0 Å². The van der Waals surface area contributed by atoms with Crippen LogP contribution in [-0.4, -0.2) is 36.5 Å². The monoisotopic (exact) mass is 296 g/mol. The molecule has 0 radical (unpaired) electrons. The van der Waals surface area contributed by atoms with E-state index in [0.29, 0.717) is 17.9 Å². The van der Waals surface area contributed by atoms with E-state index in [1.807, 2.05) is 31.4 Å². The molecule has 0 saturated heterocycles. The molecule has 5 nitrogen and oxygen atoms in total. The second kappa shape index (κ2) is 8.47. The number of aryl methyl sites for hydroxylation is 1. The van der Waals surface area contributed by atoms with Crippen molar-refractivity contribution in [2.75, 3.05) is 18.6 Å². The minimum atomic E-state index is -1.27. The van der Waals surface area contributed by atoms with Gasteiger partial charge in [0.15, 0.2) is 6.61 Å². The van der Waals surface area contributed by atoms with Crippen LogP contribution < -0.4 is 15.2 Å². The highest BCUT2D eigenvalue weighted by Gasteiger charge is 2.13. The van der Waals surface area contributed by atoms with E-state index < -0.39 is 17.9 Å². The fraction of sp³-hybridized carbons (Fsp3) is 0.429. The molecule has 0 aliphatic carbocycles. The van der Waals surface area contributed by atoms with E-state index in [1.54, 1.807) is 6.07 Å². The highest BCUT2D eigenvalue weighted by molar-refractivity contribution is 7.98. The third-order valence-corrected chi connectivity index (χ3v) is 3.33. The van der Waals surface area contributed by atoms with Crippen molar-refractivity contribution in [1.82, 2.24) is 5.32 Å². The zero-order valence-electron chi connectivity index (χ0n) is 11.5. The summed E-state index contributed by atoms with van der Waals surface area (Å²) in [6.07, 6.45) is 2.20. The van der Waals surface area contributed by atoms with Crippen molar-refractivity contribution in [1.29, 1.82) is 0 Å². The molecule has 1 atom stereocenters. The minimum absolute atomic E-state index is 0.214. The van der Waals surface area contributed by atoms with Gasteiger partial charge in [0, 0.05) is 0 Å². The number of rotatable bonds is 8. The number of para-hydroxylation sites is 1. The molecule has 1 rings (SSSR count). The van der Waals surface area contributed by atoms with Gasteiger partial charge in [0.05, 0.1) is 12.0 Å². The van der Waals surface area contributed by atoms with Gasteiger partial charge in [0.2, 0.25) is 0 Å². The van der Waals surface area contributed by atoms with E-state index in [-0.39, 0.29) is 6.61 Å². The maximum atomic E-state index is 11.7. The average molecular weight is 296 g/mol. The number of benzene rings is 1. The SMILES string of the molecule is CSCC[C@@H](NC(=O)COc1ccccc1C)C(=O)[O-]. The highest BCUT2D eigenvalue weighted by Crippen LogP contribution is 2.15. The van der Waals surface area contributed by atoms with Gasteiger partial charge in [0.25, 0.3) is 5.91 Å². The molecule has 0 aliphatic heterocycles. The third-order valence-electron chi connectivity index (χ3n) is 2.68. The van der Waals surface area contributed by atoms with Crippen LogP contribution in [0.5, 0.6) is 5.75 Å². The number of carbonyl (C=O) groups excluding carboxylic acids is 2. The summed E-state index contributed by atoms with van der Waals surface area (Å²) in [4.78, 5) is 22.6. The van der Waals surface area contributed by atoms with Gasteiger partial charge in [-0.05, 0) is 37.0 Å². The van der Waals surface area contributed by atoms with Crippen LogP contribution in [0.2, 0.25) is 0 Å². The Morgan fingerprint density at radius 1 is 1.40 bits per heavy atom. The molecule has 0 saturated carbocycles. The number of aliphatic carboxylic acids is 1. The normalized spacial score (nSPS) is 11.7. The van der Waals surface area contributed by atoms with Gasteiger partial charge in [-0.2, -0.15) is 11.8 Å². The lowest BCUT2D eigenvalue weighted by molar-refractivity contribution is -0.308. The van der Waals surface area contributed by atoms with Crippen molar-refractivity contribution in [3.8, 4) is 5.75 Å². The van der Waals surface area contributed by atoms with Crippen LogP contribution in [0.1, 0.15) is 12.0 Å². The largest absolute Gasteiger partial charge is 0.548 e. The van der Waals surface area contributed by atoms with Crippen molar-refractivity contribution in [3.05, 3.63) is 29.8 Å².